The van der Waals surface area contributed by atoms with Crippen LogP contribution in [0.25, 0.3) is 0 Å². The van der Waals surface area contributed by atoms with E-state index in [-0.39, 0.29) is 11.9 Å². The summed E-state index contributed by atoms with van der Waals surface area (Å²) < 4.78 is 18.8. The van der Waals surface area contributed by atoms with Gasteiger partial charge in [-0.3, -0.25) is 0 Å². The van der Waals surface area contributed by atoms with Gasteiger partial charge in [-0.15, -0.1) is 0 Å². The number of hydrogen-bond acceptors (Lipinski definition) is 3. The molecule has 0 fully saturated rings. The summed E-state index contributed by atoms with van der Waals surface area (Å²) in [6, 6.07) is 4.53. The van der Waals surface area contributed by atoms with E-state index in [0.717, 1.165) is 5.75 Å². The van der Waals surface area contributed by atoms with E-state index >= 15 is 0 Å². The summed E-state index contributed by atoms with van der Waals surface area (Å²) in [5.74, 6) is 1.16. The van der Waals surface area contributed by atoms with Crippen molar-refractivity contribution in [1.29, 1.82) is 0 Å². The van der Waals surface area contributed by atoms with E-state index in [0.29, 0.717) is 17.9 Å². The van der Waals surface area contributed by atoms with Gasteiger partial charge >= 0.3 is 0 Å². The van der Waals surface area contributed by atoms with Gasteiger partial charge in [-0.1, -0.05) is 6.07 Å². The zero-order valence-electron chi connectivity index (χ0n) is 9.00. The molecule has 0 aliphatic rings. The van der Waals surface area contributed by atoms with Crippen LogP contribution in [0.3, 0.4) is 0 Å². The highest BCUT2D eigenvalue weighted by Crippen LogP contribution is 2.20. The van der Waals surface area contributed by atoms with Crippen LogP contribution in [-0.4, -0.2) is 18.6 Å². The van der Waals surface area contributed by atoms with Gasteiger partial charge < -0.3 is 10.5 Å². The lowest BCUT2D eigenvalue weighted by atomic mass is 10.1. The highest BCUT2D eigenvalue weighted by atomic mass is 32.2. The molecule has 0 radical (unpaired) electrons. The lowest BCUT2D eigenvalue weighted by molar-refractivity contribution is 0.341. The molecule has 15 heavy (non-hydrogen) atoms. The average molecular weight is 229 g/mol. The van der Waals surface area contributed by atoms with Crippen molar-refractivity contribution < 1.29 is 9.13 Å². The summed E-state index contributed by atoms with van der Waals surface area (Å²) in [5.41, 5.74) is 6.12. The fraction of sp³-hybridized carbons (Fsp3) is 0.455. The van der Waals surface area contributed by atoms with Crippen LogP contribution >= 0.6 is 11.8 Å². The molecule has 0 aliphatic heterocycles. The van der Waals surface area contributed by atoms with Gasteiger partial charge in [-0.25, -0.2) is 4.39 Å². The van der Waals surface area contributed by atoms with Crippen LogP contribution < -0.4 is 10.5 Å². The minimum Gasteiger partial charge on any atom is -0.493 e. The van der Waals surface area contributed by atoms with Crippen molar-refractivity contribution in [2.75, 3.05) is 18.6 Å². The molecule has 2 N–H and O–H groups in total. The second kappa shape index (κ2) is 5.98. The predicted octanol–water partition coefficient (Wildman–Crippen LogP) is 2.59. The van der Waals surface area contributed by atoms with Crippen molar-refractivity contribution in [2.24, 2.45) is 5.73 Å². The van der Waals surface area contributed by atoms with Crippen molar-refractivity contribution in [1.82, 2.24) is 0 Å². The number of ether oxygens (including phenoxy) is 1. The Morgan fingerprint density at radius 1 is 1.53 bits per heavy atom. The fourth-order valence-corrected chi connectivity index (χ4v) is 1.46. The summed E-state index contributed by atoms with van der Waals surface area (Å²) in [5, 5.41) is 0. The topological polar surface area (TPSA) is 35.2 Å². The van der Waals surface area contributed by atoms with Gasteiger partial charge in [0.15, 0.2) is 0 Å². The molecule has 0 aliphatic carbocycles. The molecule has 1 atom stereocenters. The van der Waals surface area contributed by atoms with Crippen molar-refractivity contribution in [3.63, 3.8) is 0 Å². The van der Waals surface area contributed by atoms with Crippen LogP contribution in [-0.2, 0) is 0 Å². The van der Waals surface area contributed by atoms with Gasteiger partial charge in [-0.05, 0) is 19.2 Å². The first kappa shape index (κ1) is 12.3. The van der Waals surface area contributed by atoms with E-state index in [9.17, 15) is 4.39 Å². The highest BCUT2D eigenvalue weighted by Gasteiger charge is 2.07. The lowest BCUT2D eigenvalue weighted by Gasteiger charge is -2.09. The van der Waals surface area contributed by atoms with Gasteiger partial charge in [0.25, 0.3) is 0 Å². The molecular weight excluding hydrogens is 213 g/mol. The lowest BCUT2D eigenvalue weighted by Crippen LogP contribution is -2.08. The molecule has 0 saturated carbocycles. The van der Waals surface area contributed by atoms with E-state index in [1.807, 2.05) is 6.26 Å². The molecule has 0 spiro atoms. The molecule has 84 valence electrons. The monoisotopic (exact) mass is 229 g/mol. The van der Waals surface area contributed by atoms with E-state index < -0.39 is 0 Å². The molecule has 0 amide bonds. The molecule has 1 aromatic rings. The molecule has 0 unspecified atom stereocenters. The smallest absolute Gasteiger partial charge is 0.131 e. The van der Waals surface area contributed by atoms with Crippen molar-refractivity contribution in [2.45, 2.75) is 13.0 Å². The molecule has 0 heterocycles. The second-order valence-corrected chi connectivity index (χ2v) is 4.30. The number of halogens is 1. The number of nitrogens with two attached hydrogens (primary N) is 1. The predicted molar refractivity (Wildman–Crippen MR) is 62.9 cm³/mol. The molecule has 0 aromatic heterocycles. The van der Waals surface area contributed by atoms with E-state index in [1.165, 1.54) is 6.07 Å². The Morgan fingerprint density at radius 2 is 2.27 bits per heavy atom. The molecule has 1 rings (SSSR count). The standard InChI is InChI=1S/C11H16FNOS/c1-8(13)10-4-3-9(7-11(10)12)14-5-6-15-2/h3-4,7-8H,5-6,13H2,1-2H3/t8-/m0/s1. The minimum absolute atomic E-state index is 0.287. The largest absolute Gasteiger partial charge is 0.493 e. The Labute approximate surface area is 94.0 Å². The van der Waals surface area contributed by atoms with Crippen LogP contribution in [0.5, 0.6) is 5.75 Å². The molecular formula is C11H16FNOS. The maximum Gasteiger partial charge on any atom is 0.131 e. The van der Waals surface area contributed by atoms with E-state index in [1.54, 1.807) is 30.8 Å². The Morgan fingerprint density at radius 3 is 2.80 bits per heavy atom. The SMILES string of the molecule is CSCCOc1ccc([C@H](C)N)c(F)c1. The summed E-state index contributed by atoms with van der Waals surface area (Å²) in [6.07, 6.45) is 2.00. The zero-order valence-corrected chi connectivity index (χ0v) is 9.81. The zero-order chi connectivity index (χ0) is 11.3. The van der Waals surface area contributed by atoms with Crippen molar-refractivity contribution in [3.05, 3.63) is 29.6 Å². The summed E-state index contributed by atoms with van der Waals surface area (Å²) >= 11 is 1.69. The Kier molecular flexibility index (Phi) is 4.91. The van der Waals surface area contributed by atoms with E-state index in [4.69, 9.17) is 10.5 Å². The molecule has 4 heteroatoms. The highest BCUT2D eigenvalue weighted by molar-refractivity contribution is 7.98. The first-order valence-corrected chi connectivity index (χ1v) is 6.21. The molecule has 1 aromatic carbocycles. The Bertz CT molecular complexity index is 317. The Balaban J connectivity index is 2.65. The molecule has 0 bridgehead atoms. The fourth-order valence-electron chi connectivity index (χ4n) is 1.21. The normalized spacial score (nSPS) is 12.5. The number of thioether (sulfide) groups is 1. The number of rotatable bonds is 5. The Hall–Kier alpha value is -0.740. The maximum atomic E-state index is 13.4. The van der Waals surface area contributed by atoms with Crippen molar-refractivity contribution >= 4 is 11.8 Å². The van der Waals surface area contributed by atoms with Gasteiger partial charge in [-0.2, -0.15) is 11.8 Å². The van der Waals surface area contributed by atoms with Crippen LogP contribution in [0.1, 0.15) is 18.5 Å². The van der Waals surface area contributed by atoms with Crippen LogP contribution in [0, 0.1) is 5.82 Å². The van der Waals surface area contributed by atoms with Gasteiger partial charge in [0.1, 0.15) is 11.6 Å². The van der Waals surface area contributed by atoms with Gasteiger partial charge in [0, 0.05) is 23.4 Å². The van der Waals surface area contributed by atoms with Crippen molar-refractivity contribution in [3.8, 4) is 5.75 Å². The van der Waals surface area contributed by atoms with Gasteiger partial charge in [0.05, 0.1) is 6.61 Å². The third-order valence-corrected chi connectivity index (χ3v) is 2.59. The maximum absolute atomic E-state index is 13.4. The summed E-state index contributed by atoms with van der Waals surface area (Å²) in [7, 11) is 0. The average Bonchev–Trinajstić information content (AvgIpc) is 2.17. The minimum atomic E-state index is -0.299. The molecule has 0 saturated heterocycles. The summed E-state index contributed by atoms with van der Waals surface area (Å²) in [6.45, 7) is 2.35. The number of benzene rings is 1. The first-order valence-electron chi connectivity index (χ1n) is 4.82. The molecule has 2 nitrogen and oxygen atoms in total. The quantitative estimate of drug-likeness (QED) is 0.788. The summed E-state index contributed by atoms with van der Waals surface area (Å²) in [4.78, 5) is 0. The van der Waals surface area contributed by atoms with E-state index in [2.05, 4.69) is 0 Å². The number of hydrogen-bond donors (Lipinski definition) is 1. The van der Waals surface area contributed by atoms with Crippen LogP contribution in [0.2, 0.25) is 0 Å². The third-order valence-electron chi connectivity index (χ3n) is 2.02. The third kappa shape index (κ3) is 3.72. The van der Waals surface area contributed by atoms with Gasteiger partial charge in [0.2, 0.25) is 0 Å². The van der Waals surface area contributed by atoms with Crippen LogP contribution in [0.4, 0.5) is 4.39 Å². The van der Waals surface area contributed by atoms with Crippen LogP contribution in [0.15, 0.2) is 18.2 Å². The second-order valence-electron chi connectivity index (χ2n) is 3.31. The first-order chi connectivity index (χ1) is 7.15.